The van der Waals surface area contributed by atoms with Crippen LogP contribution in [0.4, 0.5) is 0 Å². The Morgan fingerprint density at radius 2 is 1.69 bits per heavy atom. The second-order valence-electron chi connectivity index (χ2n) is 5.63. The average molecular weight is 196 g/mol. The van der Waals surface area contributed by atoms with Gasteiger partial charge in [0.25, 0.3) is 0 Å². The Morgan fingerprint density at radius 3 is 2.08 bits per heavy atom. The minimum Gasteiger partial charge on any atom is -0.107 e. The zero-order valence-corrected chi connectivity index (χ0v) is 10.9. The van der Waals surface area contributed by atoms with Crippen molar-refractivity contribution in [1.82, 2.24) is 0 Å². The molecule has 0 aliphatic heterocycles. The molecule has 13 heavy (non-hydrogen) atoms. The minimum atomic E-state index is -1.10. The Hall–Kier alpha value is -0.303. The van der Waals surface area contributed by atoms with Gasteiger partial charge in [0.2, 0.25) is 0 Å². The van der Waals surface area contributed by atoms with Crippen molar-refractivity contribution in [2.75, 3.05) is 0 Å². The predicted octanol–water partition coefficient (Wildman–Crippen LogP) is 4.41. The molecule has 0 nitrogen and oxygen atoms in total. The summed E-state index contributed by atoms with van der Waals surface area (Å²) in [6, 6.07) is 1.23. The molecular formula is C12H24Si. The zero-order valence-electron chi connectivity index (χ0n) is 9.85. The second kappa shape index (κ2) is 4.80. The fourth-order valence-corrected chi connectivity index (χ4v) is 1.85. The topological polar surface area (TPSA) is 0 Å². The molecule has 0 spiro atoms. The maximum Gasteiger partial charge on any atom is 0.0746 e. The van der Waals surface area contributed by atoms with E-state index in [1.54, 1.807) is 0 Å². The molecular weight excluding hydrogens is 172 g/mol. The van der Waals surface area contributed by atoms with Crippen molar-refractivity contribution in [3.8, 4) is 0 Å². The predicted molar refractivity (Wildman–Crippen MR) is 65.7 cm³/mol. The lowest BCUT2D eigenvalue weighted by Gasteiger charge is -2.16. The molecule has 0 aromatic carbocycles. The Bertz CT molecular complexity index is 182. The highest BCUT2D eigenvalue weighted by Gasteiger charge is 2.13. The highest BCUT2D eigenvalue weighted by molar-refractivity contribution is 6.82. The van der Waals surface area contributed by atoms with Gasteiger partial charge in [-0.2, -0.15) is 0 Å². The van der Waals surface area contributed by atoms with Crippen LogP contribution >= 0.6 is 0 Å². The number of rotatable bonds is 4. The van der Waals surface area contributed by atoms with Gasteiger partial charge in [-0.05, 0) is 17.9 Å². The van der Waals surface area contributed by atoms with E-state index in [-0.39, 0.29) is 0 Å². The SMILES string of the molecule is C=C[Si](C)(C)CC=CCC(C)(C)C. The van der Waals surface area contributed by atoms with Gasteiger partial charge in [-0.15, -0.1) is 12.3 Å². The highest BCUT2D eigenvalue weighted by Crippen LogP contribution is 2.19. The van der Waals surface area contributed by atoms with E-state index >= 15 is 0 Å². The standard InChI is InChI=1S/C12H24Si/c1-7-13(5,6)11-9-8-10-12(2,3)4/h7-9H,1,10-11H2,2-6H3. The van der Waals surface area contributed by atoms with Gasteiger partial charge in [-0.1, -0.05) is 46.0 Å². The number of hydrogen-bond donors (Lipinski definition) is 0. The maximum absolute atomic E-state index is 3.89. The third-order valence-corrected chi connectivity index (χ3v) is 4.49. The maximum atomic E-state index is 3.89. The monoisotopic (exact) mass is 196 g/mol. The number of hydrogen-bond acceptors (Lipinski definition) is 0. The van der Waals surface area contributed by atoms with Crippen LogP contribution in [0, 0.1) is 5.41 Å². The van der Waals surface area contributed by atoms with Crippen molar-refractivity contribution in [3.05, 3.63) is 24.4 Å². The first-order valence-electron chi connectivity index (χ1n) is 5.05. The summed E-state index contributed by atoms with van der Waals surface area (Å²) in [4.78, 5) is 0. The first-order chi connectivity index (χ1) is 5.77. The summed E-state index contributed by atoms with van der Waals surface area (Å²) in [6.07, 6.45) is 5.83. The molecule has 0 atom stereocenters. The highest BCUT2D eigenvalue weighted by atomic mass is 28.3. The van der Waals surface area contributed by atoms with Crippen LogP contribution in [-0.4, -0.2) is 8.07 Å². The van der Waals surface area contributed by atoms with Crippen LogP contribution in [0.1, 0.15) is 27.2 Å². The van der Waals surface area contributed by atoms with Crippen LogP contribution < -0.4 is 0 Å². The Balaban J connectivity index is 3.83. The smallest absolute Gasteiger partial charge is 0.0746 e. The first-order valence-corrected chi connectivity index (χ1v) is 8.34. The van der Waals surface area contributed by atoms with Gasteiger partial charge < -0.3 is 0 Å². The number of allylic oxidation sites excluding steroid dienone is 2. The Kier molecular flexibility index (Phi) is 4.69. The van der Waals surface area contributed by atoms with E-state index in [0.29, 0.717) is 5.41 Å². The summed E-state index contributed by atoms with van der Waals surface area (Å²) in [5, 5.41) is 0. The first kappa shape index (κ1) is 12.7. The molecule has 0 heterocycles. The molecule has 1 heteroatoms. The van der Waals surface area contributed by atoms with Gasteiger partial charge in [0.1, 0.15) is 0 Å². The fourth-order valence-electron chi connectivity index (χ4n) is 0.907. The Labute approximate surface area is 84.8 Å². The van der Waals surface area contributed by atoms with E-state index in [9.17, 15) is 0 Å². The molecule has 0 amide bonds. The summed E-state index contributed by atoms with van der Waals surface area (Å²) >= 11 is 0. The molecule has 0 saturated carbocycles. The lowest BCUT2D eigenvalue weighted by molar-refractivity contribution is 0.420. The summed E-state index contributed by atoms with van der Waals surface area (Å²) in [6.45, 7) is 15.4. The van der Waals surface area contributed by atoms with E-state index in [1.165, 1.54) is 12.5 Å². The zero-order chi connectivity index (χ0) is 10.5. The van der Waals surface area contributed by atoms with Crippen LogP contribution in [0.3, 0.4) is 0 Å². The van der Waals surface area contributed by atoms with Crippen molar-refractivity contribution in [3.63, 3.8) is 0 Å². The molecule has 0 aromatic rings. The van der Waals surface area contributed by atoms with Crippen molar-refractivity contribution in [1.29, 1.82) is 0 Å². The fraction of sp³-hybridized carbons (Fsp3) is 0.667. The summed E-state index contributed by atoms with van der Waals surface area (Å²) in [7, 11) is -1.10. The van der Waals surface area contributed by atoms with Gasteiger partial charge >= 0.3 is 0 Å². The van der Waals surface area contributed by atoms with Crippen molar-refractivity contribution in [2.45, 2.75) is 46.3 Å². The van der Waals surface area contributed by atoms with Gasteiger partial charge in [0, 0.05) is 0 Å². The summed E-state index contributed by atoms with van der Waals surface area (Å²) < 4.78 is 0. The molecule has 0 aliphatic rings. The summed E-state index contributed by atoms with van der Waals surface area (Å²) in [5.74, 6) is 0. The molecule has 76 valence electrons. The third-order valence-electron chi connectivity index (χ3n) is 2.09. The van der Waals surface area contributed by atoms with E-state index in [4.69, 9.17) is 0 Å². The molecule has 0 saturated heterocycles. The summed E-state index contributed by atoms with van der Waals surface area (Å²) in [5.41, 5.74) is 2.59. The van der Waals surface area contributed by atoms with Gasteiger partial charge in [-0.3, -0.25) is 0 Å². The van der Waals surface area contributed by atoms with Crippen molar-refractivity contribution in [2.24, 2.45) is 5.41 Å². The van der Waals surface area contributed by atoms with E-state index in [0.717, 1.165) is 0 Å². The third kappa shape index (κ3) is 8.04. The largest absolute Gasteiger partial charge is 0.107 e. The molecule has 0 N–H and O–H groups in total. The second-order valence-corrected chi connectivity index (χ2v) is 10.4. The van der Waals surface area contributed by atoms with Crippen LogP contribution in [-0.2, 0) is 0 Å². The van der Waals surface area contributed by atoms with Gasteiger partial charge in [-0.25, -0.2) is 0 Å². The molecule has 0 aromatic heterocycles. The van der Waals surface area contributed by atoms with E-state index < -0.39 is 8.07 Å². The molecule has 0 unspecified atom stereocenters. The lowest BCUT2D eigenvalue weighted by Crippen LogP contribution is -2.20. The molecule has 0 aliphatic carbocycles. The van der Waals surface area contributed by atoms with E-state index in [1.807, 2.05) is 0 Å². The van der Waals surface area contributed by atoms with Crippen molar-refractivity contribution < 1.29 is 0 Å². The van der Waals surface area contributed by atoms with Crippen LogP contribution in [0.2, 0.25) is 19.1 Å². The van der Waals surface area contributed by atoms with E-state index in [2.05, 4.69) is 58.3 Å². The van der Waals surface area contributed by atoms with Crippen molar-refractivity contribution >= 4 is 8.07 Å². The average Bonchev–Trinajstić information content (AvgIpc) is 1.97. The molecule has 0 bridgehead atoms. The minimum absolute atomic E-state index is 0.427. The Morgan fingerprint density at radius 1 is 1.15 bits per heavy atom. The molecule has 0 fully saturated rings. The van der Waals surface area contributed by atoms with Gasteiger partial charge in [0.05, 0.1) is 8.07 Å². The molecule has 0 radical (unpaired) electrons. The quantitative estimate of drug-likeness (QED) is 0.461. The van der Waals surface area contributed by atoms with Crippen LogP contribution in [0.25, 0.3) is 0 Å². The van der Waals surface area contributed by atoms with Crippen LogP contribution in [0.5, 0.6) is 0 Å². The van der Waals surface area contributed by atoms with Crippen LogP contribution in [0.15, 0.2) is 24.4 Å². The normalized spacial score (nSPS) is 13.6. The van der Waals surface area contributed by atoms with Gasteiger partial charge in [0.15, 0.2) is 0 Å². The lowest BCUT2D eigenvalue weighted by atomic mass is 9.92. The molecule has 0 rings (SSSR count).